The third-order valence-corrected chi connectivity index (χ3v) is 3.41. The normalized spacial score (nSPS) is 16.4. The molecule has 0 aromatic heterocycles. The molecule has 0 spiro atoms. The Hall–Kier alpha value is -0.890. The molecule has 1 aromatic rings. The zero-order chi connectivity index (χ0) is 12.1. The molecule has 1 aliphatic heterocycles. The first kappa shape index (κ1) is 12.6. The minimum atomic E-state index is 0.0760. The van der Waals surface area contributed by atoms with Gasteiger partial charge in [-0.15, -0.1) is 11.6 Å². The number of fused-ring (bicyclic) bond motifs is 1. The van der Waals surface area contributed by atoms with Gasteiger partial charge in [-0.2, -0.15) is 0 Å². The third kappa shape index (κ3) is 3.29. The lowest BCUT2D eigenvalue weighted by Gasteiger charge is -2.13. The van der Waals surface area contributed by atoms with Crippen LogP contribution in [0.3, 0.4) is 0 Å². The number of alkyl halides is 1. The van der Waals surface area contributed by atoms with Gasteiger partial charge in [0.1, 0.15) is 0 Å². The van der Waals surface area contributed by atoms with Gasteiger partial charge >= 0.3 is 0 Å². The van der Waals surface area contributed by atoms with E-state index in [1.54, 1.807) is 0 Å². The molecule has 1 atom stereocenters. The number of benzene rings is 1. The SMILES string of the molecule is CCCCC(Cl)c1ccc2c(c1)OCCCO2. The average Bonchev–Trinajstić information content (AvgIpc) is 2.60. The summed E-state index contributed by atoms with van der Waals surface area (Å²) in [6.45, 7) is 3.63. The molecular weight excluding hydrogens is 236 g/mol. The predicted molar refractivity (Wildman–Crippen MR) is 70.2 cm³/mol. The zero-order valence-corrected chi connectivity index (χ0v) is 11.0. The van der Waals surface area contributed by atoms with Crippen molar-refractivity contribution in [3.63, 3.8) is 0 Å². The predicted octanol–water partition coefficient (Wildman–Crippen LogP) is 4.32. The van der Waals surface area contributed by atoms with E-state index in [0.717, 1.165) is 49.5 Å². The van der Waals surface area contributed by atoms with Gasteiger partial charge in [0.15, 0.2) is 11.5 Å². The molecule has 94 valence electrons. The van der Waals surface area contributed by atoms with E-state index in [9.17, 15) is 0 Å². The summed E-state index contributed by atoms with van der Waals surface area (Å²) in [5.74, 6) is 1.67. The van der Waals surface area contributed by atoms with Crippen molar-refractivity contribution in [2.75, 3.05) is 13.2 Å². The summed E-state index contributed by atoms with van der Waals surface area (Å²) in [6, 6.07) is 6.03. The van der Waals surface area contributed by atoms with E-state index in [1.807, 2.05) is 18.2 Å². The first-order valence-electron chi connectivity index (χ1n) is 6.35. The van der Waals surface area contributed by atoms with Gasteiger partial charge in [0, 0.05) is 6.42 Å². The second-order valence-corrected chi connectivity index (χ2v) is 4.89. The highest BCUT2D eigenvalue weighted by atomic mass is 35.5. The molecule has 0 fully saturated rings. The maximum Gasteiger partial charge on any atom is 0.161 e. The average molecular weight is 255 g/mol. The molecule has 1 aromatic carbocycles. The molecule has 1 aliphatic rings. The quantitative estimate of drug-likeness (QED) is 0.745. The van der Waals surface area contributed by atoms with Crippen LogP contribution >= 0.6 is 11.6 Å². The largest absolute Gasteiger partial charge is 0.490 e. The highest BCUT2D eigenvalue weighted by Gasteiger charge is 2.14. The van der Waals surface area contributed by atoms with Crippen molar-refractivity contribution < 1.29 is 9.47 Å². The summed E-state index contributed by atoms with van der Waals surface area (Å²) in [7, 11) is 0. The van der Waals surface area contributed by atoms with Gasteiger partial charge in [-0.3, -0.25) is 0 Å². The fraction of sp³-hybridized carbons (Fsp3) is 0.571. The molecule has 0 saturated carbocycles. The maximum absolute atomic E-state index is 6.37. The highest BCUT2D eigenvalue weighted by Crippen LogP contribution is 2.35. The van der Waals surface area contributed by atoms with Gasteiger partial charge in [0.05, 0.1) is 18.6 Å². The van der Waals surface area contributed by atoms with Crippen LogP contribution in [0, 0.1) is 0 Å². The third-order valence-electron chi connectivity index (χ3n) is 2.94. The number of hydrogen-bond acceptors (Lipinski definition) is 2. The van der Waals surface area contributed by atoms with Crippen molar-refractivity contribution >= 4 is 11.6 Å². The minimum absolute atomic E-state index is 0.0760. The van der Waals surface area contributed by atoms with Gasteiger partial charge < -0.3 is 9.47 Å². The molecule has 1 unspecified atom stereocenters. The van der Waals surface area contributed by atoms with Gasteiger partial charge in [0.2, 0.25) is 0 Å². The van der Waals surface area contributed by atoms with Crippen molar-refractivity contribution in [3.8, 4) is 11.5 Å². The number of hydrogen-bond donors (Lipinski definition) is 0. The Kier molecular flexibility index (Phi) is 4.55. The van der Waals surface area contributed by atoms with Gasteiger partial charge in [0.25, 0.3) is 0 Å². The van der Waals surface area contributed by atoms with E-state index in [0.29, 0.717) is 0 Å². The molecule has 0 radical (unpaired) electrons. The Morgan fingerprint density at radius 3 is 2.76 bits per heavy atom. The van der Waals surface area contributed by atoms with Gasteiger partial charge in [-0.05, 0) is 24.1 Å². The van der Waals surface area contributed by atoms with Crippen LogP contribution in [0.4, 0.5) is 0 Å². The van der Waals surface area contributed by atoms with Crippen LogP contribution in [0.5, 0.6) is 11.5 Å². The van der Waals surface area contributed by atoms with Crippen molar-refractivity contribution in [2.24, 2.45) is 0 Å². The summed E-state index contributed by atoms with van der Waals surface area (Å²) < 4.78 is 11.3. The Labute approximate surface area is 108 Å². The lowest BCUT2D eigenvalue weighted by Crippen LogP contribution is -1.97. The van der Waals surface area contributed by atoms with E-state index >= 15 is 0 Å². The Balaban J connectivity index is 2.11. The van der Waals surface area contributed by atoms with Crippen molar-refractivity contribution in [1.29, 1.82) is 0 Å². The van der Waals surface area contributed by atoms with Crippen molar-refractivity contribution in [3.05, 3.63) is 23.8 Å². The molecule has 3 heteroatoms. The number of rotatable bonds is 4. The Bertz CT molecular complexity index is 365. The smallest absolute Gasteiger partial charge is 0.161 e. The summed E-state index contributed by atoms with van der Waals surface area (Å²) in [5.41, 5.74) is 1.13. The molecule has 17 heavy (non-hydrogen) atoms. The molecule has 0 bridgehead atoms. The summed E-state index contributed by atoms with van der Waals surface area (Å²) in [4.78, 5) is 0. The molecule has 2 nitrogen and oxygen atoms in total. The molecule has 0 amide bonds. The maximum atomic E-state index is 6.37. The molecule has 0 saturated heterocycles. The molecule has 0 aliphatic carbocycles. The van der Waals surface area contributed by atoms with E-state index in [2.05, 4.69) is 6.92 Å². The van der Waals surface area contributed by atoms with E-state index in [-0.39, 0.29) is 5.38 Å². The lowest BCUT2D eigenvalue weighted by molar-refractivity contribution is 0.297. The van der Waals surface area contributed by atoms with E-state index < -0.39 is 0 Å². The number of ether oxygens (including phenoxy) is 2. The summed E-state index contributed by atoms with van der Waals surface area (Å²) in [5, 5.41) is 0.0760. The second-order valence-electron chi connectivity index (χ2n) is 4.37. The van der Waals surface area contributed by atoms with Crippen LogP contribution in [0.25, 0.3) is 0 Å². The topological polar surface area (TPSA) is 18.5 Å². The Morgan fingerprint density at radius 2 is 2.00 bits per heavy atom. The van der Waals surface area contributed by atoms with Crippen LogP contribution in [-0.4, -0.2) is 13.2 Å². The van der Waals surface area contributed by atoms with Gasteiger partial charge in [-0.1, -0.05) is 25.8 Å². The first-order valence-corrected chi connectivity index (χ1v) is 6.78. The summed E-state index contributed by atoms with van der Waals surface area (Å²) >= 11 is 6.37. The fourth-order valence-electron chi connectivity index (χ4n) is 1.92. The zero-order valence-electron chi connectivity index (χ0n) is 10.2. The van der Waals surface area contributed by atoms with Crippen LogP contribution in [-0.2, 0) is 0 Å². The van der Waals surface area contributed by atoms with Crippen molar-refractivity contribution in [1.82, 2.24) is 0 Å². The first-order chi connectivity index (χ1) is 8.31. The lowest BCUT2D eigenvalue weighted by atomic mass is 10.1. The fourth-order valence-corrected chi connectivity index (χ4v) is 2.21. The minimum Gasteiger partial charge on any atom is -0.490 e. The molecule has 2 rings (SSSR count). The van der Waals surface area contributed by atoms with E-state index in [4.69, 9.17) is 21.1 Å². The van der Waals surface area contributed by atoms with Crippen LogP contribution in [0.15, 0.2) is 18.2 Å². The van der Waals surface area contributed by atoms with E-state index in [1.165, 1.54) is 6.42 Å². The van der Waals surface area contributed by atoms with Crippen LogP contribution < -0.4 is 9.47 Å². The molecule has 1 heterocycles. The summed E-state index contributed by atoms with van der Waals surface area (Å²) in [6.07, 6.45) is 4.28. The van der Waals surface area contributed by atoms with Crippen LogP contribution in [0.2, 0.25) is 0 Å². The monoisotopic (exact) mass is 254 g/mol. The number of unbranched alkanes of at least 4 members (excludes halogenated alkanes) is 1. The second kappa shape index (κ2) is 6.15. The molecule has 0 N–H and O–H groups in total. The standard InChI is InChI=1S/C14H19ClO2/c1-2-3-5-12(15)11-6-7-13-14(10-11)17-9-4-8-16-13/h6-7,10,12H,2-5,8-9H2,1H3. The number of halogens is 1. The van der Waals surface area contributed by atoms with Gasteiger partial charge in [-0.25, -0.2) is 0 Å². The highest BCUT2D eigenvalue weighted by molar-refractivity contribution is 6.20. The van der Waals surface area contributed by atoms with Crippen LogP contribution in [0.1, 0.15) is 43.5 Å². The Morgan fingerprint density at radius 1 is 1.24 bits per heavy atom. The van der Waals surface area contributed by atoms with Crippen molar-refractivity contribution in [2.45, 2.75) is 38.0 Å². The molecular formula is C14H19ClO2.